The molecule has 7 nitrogen and oxygen atoms in total. The van der Waals surface area contributed by atoms with Crippen LogP contribution in [0.1, 0.15) is 41.0 Å². The van der Waals surface area contributed by atoms with E-state index < -0.39 is 17.8 Å². The summed E-state index contributed by atoms with van der Waals surface area (Å²) in [5.41, 5.74) is 5.40. The van der Waals surface area contributed by atoms with Crippen LogP contribution >= 0.6 is 11.3 Å². The number of nitrogens with zero attached hydrogens (tertiary/aromatic N) is 4. The van der Waals surface area contributed by atoms with E-state index in [4.69, 9.17) is 9.73 Å². The van der Waals surface area contributed by atoms with Gasteiger partial charge in [0.15, 0.2) is 4.80 Å². The Balaban J connectivity index is 1.61. The number of fused-ring (bicyclic) bond motifs is 1. The van der Waals surface area contributed by atoms with Crippen molar-refractivity contribution in [1.29, 1.82) is 0 Å². The van der Waals surface area contributed by atoms with Crippen molar-refractivity contribution in [3.8, 4) is 5.69 Å². The molecule has 0 amide bonds. The molecule has 4 heterocycles. The van der Waals surface area contributed by atoms with Crippen LogP contribution in [0.25, 0.3) is 17.5 Å². The number of esters is 1. The SMILES string of the molecule is CCOC(=O)C1=C(c2ccccc2)N=c2s/c(=C/c3cc(C)n(-c4cccnc4)c3C)c(=O)n2[C@@H]1c1ccc(F)cc1. The highest BCUT2D eigenvalue weighted by Gasteiger charge is 2.35. The third-order valence-corrected chi connectivity index (χ3v) is 8.20. The second-order valence-corrected chi connectivity index (χ2v) is 10.9. The van der Waals surface area contributed by atoms with Crippen LogP contribution in [0.2, 0.25) is 0 Å². The molecular weight excluding hydrogens is 551 g/mol. The fourth-order valence-corrected chi connectivity index (χ4v) is 6.35. The molecule has 2 aromatic carbocycles. The van der Waals surface area contributed by atoms with Gasteiger partial charge < -0.3 is 9.30 Å². The van der Waals surface area contributed by atoms with Crippen molar-refractivity contribution in [3.05, 3.63) is 144 Å². The number of carbonyl (C=O) groups is 1. The van der Waals surface area contributed by atoms with Crippen LogP contribution in [0.3, 0.4) is 0 Å². The van der Waals surface area contributed by atoms with Gasteiger partial charge in [0.1, 0.15) is 5.82 Å². The monoisotopic (exact) mass is 578 g/mol. The van der Waals surface area contributed by atoms with Crippen LogP contribution in [0.5, 0.6) is 0 Å². The quantitative estimate of drug-likeness (QED) is 0.269. The zero-order valence-electron chi connectivity index (χ0n) is 23.2. The first-order chi connectivity index (χ1) is 20.4. The molecule has 1 aliphatic rings. The lowest BCUT2D eigenvalue weighted by molar-refractivity contribution is -0.138. The van der Waals surface area contributed by atoms with Gasteiger partial charge in [0.05, 0.1) is 40.3 Å². The Morgan fingerprint density at radius 2 is 1.83 bits per heavy atom. The molecule has 0 N–H and O–H groups in total. The number of ether oxygens (including phenoxy) is 1. The average molecular weight is 579 g/mol. The third-order valence-electron chi connectivity index (χ3n) is 7.22. The number of aryl methyl sites for hydroxylation is 1. The number of hydrogen-bond donors (Lipinski definition) is 0. The van der Waals surface area contributed by atoms with Crippen molar-refractivity contribution in [3.63, 3.8) is 0 Å². The minimum atomic E-state index is -0.860. The van der Waals surface area contributed by atoms with Crippen LogP contribution in [0.15, 0.2) is 101 Å². The summed E-state index contributed by atoms with van der Waals surface area (Å²) < 4.78 is 23.5. The summed E-state index contributed by atoms with van der Waals surface area (Å²) in [6.45, 7) is 5.88. The molecule has 0 aliphatic carbocycles. The maximum absolute atomic E-state index is 14.1. The Labute approximate surface area is 245 Å². The van der Waals surface area contributed by atoms with Gasteiger partial charge in [-0.1, -0.05) is 53.8 Å². The zero-order chi connectivity index (χ0) is 29.4. The maximum Gasteiger partial charge on any atom is 0.338 e. The van der Waals surface area contributed by atoms with E-state index in [0.29, 0.717) is 26.2 Å². The van der Waals surface area contributed by atoms with Gasteiger partial charge in [-0.3, -0.25) is 14.3 Å². The van der Waals surface area contributed by atoms with Gasteiger partial charge in [0.25, 0.3) is 5.56 Å². The minimum absolute atomic E-state index is 0.150. The molecular formula is C33H27FN4O3S. The predicted molar refractivity (Wildman–Crippen MR) is 160 cm³/mol. The predicted octanol–water partition coefficient (Wildman–Crippen LogP) is 4.88. The van der Waals surface area contributed by atoms with Gasteiger partial charge in [-0.2, -0.15) is 0 Å². The number of halogens is 1. The molecule has 1 atom stereocenters. The van der Waals surface area contributed by atoms with E-state index in [2.05, 4.69) is 9.55 Å². The fourth-order valence-electron chi connectivity index (χ4n) is 5.36. The van der Waals surface area contributed by atoms with Gasteiger partial charge in [-0.05, 0) is 68.3 Å². The average Bonchev–Trinajstić information content (AvgIpc) is 3.47. The zero-order valence-corrected chi connectivity index (χ0v) is 24.1. The van der Waals surface area contributed by atoms with Gasteiger partial charge in [0.2, 0.25) is 0 Å². The van der Waals surface area contributed by atoms with E-state index in [1.54, 1.807) is 31.5 Å². The van der Waals surface area contributed by atoms with Crippen molar-refractivity contribution in [1.82, 2.24) is 14.1 Å². The van der Waals surface area contributed by atoms with Crippen molar-refractivity contribution in [2.45, 2.75) is 26.8 Å². The summed E-state index contributed by atoms with van der Waals surface area (Å²) in [6, 6.07) is 20.2. The molecule has 3 aromatic heterocycles. The van der Waals surface area contributed by atoms with E-state index in [1.165, 1.54) is 28.0 Å². The first-order valence-corrected chi connectivity index (χ1v) is 14.3. The Morgan fingerprint density at radius 1 is 1.07 bits per heavy atom. The lowest BCUT2D eigenvalue weighted by Crippen LogP contribution is -2.40. The van der Waals surface area contributed by atoms with E-state index >= 15 is 0 Å². The van der Waals surface area contributed by atoms with Crippen molar-refractivity contribution in [2.24, 2.45) is 4.99 Å². The van der Waals surface area contributed by atoms with E-state index in [9.17, 15) is 14.0 Å². The molecule has 0 saturated carbocycles. The highest BCUT2D eigenvalue weighted by atomic mass is 32.1. The van der Waals surface area contributed by atoms with Gasteiger partial charge >= 0.3 is 5.97 Å². The summed E-state index contributed by atoms with van der Waals surface area (Å²) in [5.74, 6) is -0.996. The Kier molecular flexibility index (Phi) is 7.26. The summed E-state index contributed by atoms with van der Waals surface area (Å²) in [7, 11) is 0. The Hall–Kier alpha value is -4.89. The third kappa shape index (κ3) is 4.81. The Morgan fingerprint density at radius 3 is 2.52 bits per heavy atom. The van der Waals surface area contributed by atoms with Gasteiger partial charge in [-0.15, -0.1) is 0 Å². The van der Waals surface area contributed by atoms with Crippen LogP contribution in [-0.2, 0) is 9.53 Å². The number of pyridine rings is 1. The van der Waals surface area contributed by atoms with E-state index in [-0.39, 0.29) is 17.7 Å². The van der Waals surface area contributed by atoms with Crippen molar-refractivity contribution in [2.75, 3.05) is 6.61 Å². The molecule has 210 valence electrons. The molecule has 0 spiro atoms. The number of rotatable bonds is 6. The first-order valence-electron chi connectivity index (χ1n) is 13.5. The fraction of sp³-hybridized carbons (Fsp3) is 0.152. The van der Waals surface area contributed by atoms with Gasteiger partial charge in [-0.25, -0.2) is 14.2 Å². The van der Waals surface area contributed by atoms with Crippen molar-refractivity contribution >= 4 is 29.1 Å². The summed E-state index contributed by atoms with van der Waals surface area (Å²) in [5, 5.41) is 0. The number of benzene rings is 2. The molecule has 0 fully saturated rings. The van der Waals surface area contributed by atoms with Crippen LogP contribution in [-0.4, -0.2) is 26.7 Å². The minimum Gasteiger partial charge on any atom is -0.463 e. The largest absolute Gasteiger partial charge is 0.463 e. The molecule has 0 saturated heterocycles. The van der Waals surface area contributed by atoms with Gasteiger partial charge in [0, 0.05) is 23.1 Å². The van der Waals surface area contributed by atoms with E-state index in [0.717, 1.165) is 22.6 Å². The molecule has 9 heteroatoms. The number of hydrogen-bond acceptors (Lipinski definition) is 6. The highest BCUT2D eigenvalue weighted by molar-refractivity contribution is 7.07. The maximum atomic E-state index is 14.1. The second kappa shape index (κ2) is 11.2. The number of aromatic nitrogens is 3. The smallest absolute Gasteiger partial charge is 0.338 e. The molecule has 0 bridgehead atoms. The lowest BCUT2D eigenvalue weighted by Gasteiger charge is -2.25. The molecule has 42 heavy (non-hydrogen) atoms. The topological polar surface area (TPSA) is 78.5 Å². The van der Waals surface area contributed by atoms with Crippen molar-refractivity contribution < 1.29 is 13.9 Å². The summed E-state index contributed by atoms with van der Waals surface area (Å²) in [6.07, 6.45) is 5.38. The lowest BCUT2D eigenvalue weighted by atomic mass is 9.93. The number of thiazole rings is 1. The number of carbonyl (C=O) groups excluding carboxylic acids is 1. The highest BCUT2D eigenvalue weighted by Crippen LogP contribution is 2.35. The molecule has 1 aliphatic heterocycles. The normalized spacial score (nSPS) is 15.0. The summed E-state index contributed by atoms with van der Waals surface area (Å²) >= 11 is 1.25. The molecule has 6 rings (SSSR count). The first kappa shape index (κ1) is 27.3. The van der Waals surface area contributed by atoms with Crippen LogP contribution in [0, 0.1) is 19.7 Å². The van der Waals surface area contributed by atoms with E-state index in [1.807, 2.05) is 68.5 Å². The van der Waals surface area contributed by atoms with Crippen LogP contribution < -0.4 is 14.9 Å². The molecule has 0 radical (unpaired) electrons. The molecule has 5 aromatic rings. The standard InChI is InChI=1S/C33H27FN4O3S/c1-4-41-32(40)28-29(22-9-6-5-7-10-22)36-33-38(30(28)23-12-14-25(34)15-13-23)31(39)27(42-33)18-24-17-20(2)37(21(24)3)26-11-8-16-35-19-26/h5-19,30H,4H2,1-3H3/b27-18+/t30-/m1/s1. The summed E-state index contributed by atoms with van der Waals surface area (Å²) in [4.78, 5) is 37.2. The second-order valence-electron chi connectivity index (χ2n) is 9.86. The molecule has 0 unspecified atom stereocenters. The Bertz CT molecular complexity index is 2010. The van der Waals surface area contributed by atoms with Crippen LogP contribution in [0.4, 0.5) is 4.39 Å².